The van der Waals surface area contributed by atoms with Crippen molar-refractivity contribution < 1.29 is 4.79 Å². The van der Waals surface area contributed by atoms with E-state index in [1.165, 1.54) is 17.1 Å². The van der Waals surface area contributed by atoms with E-state index >= 15 is 0 Å². The SMILES string of the molecule is CC1CCCC(C)N1C(=O)Cn1cc(Br)ccc1=O. The van der Waals surface area contributed by atoms with E-state index in [4.69, 9.17) is 0 Å². The Morgan fingerprint density at radius 3 is 2.58 bits per heavy atom. The molecule has 0 saturated carbocycles. The zero-order chi connectivity index (χ0) is 14.0. The molecule has 104 valence electrons. The summed E-state index contributed by atoms with van der Waals surface area (Å²) in [6.45, 7) is 4.28. The molecule has 1 aromatic rings. The summed E-state index contributed by atoms with van der Waals surface area (Å²) in [7, 11) is 0. The Morgan fingerprint density at radius 1 is 1.32 bits per heavy atom. The molecule has 2 rings (SSSR count). The van der Waals surface area contributed by atoms with Crippen LogP contribution in [0, 0.1) is 0 Å². The van der Waals surface area contributed by atoms with Crippen molar-refractivity contribution in [2.24, 2.45) is 0 Å². The summed E-state index contributed by atoms with van der Waals surface area (Å²) >= 11 is 3.32. The number of aromatic nitrogens is 1. The predicted octanol–water partition coefficient (Wildman–Crippen LogP) is 2.40. The van der Waals surface area contributed by atoms with Crippen LogP contribution in [0.5, 0.6) is 0 Å². The topological polar surface area (TPSA) is 42.3 Å². The highest BCUT2D eigenvalue weighted by molar-refractivity contribution is 9.10. The van der Waals surface area contributed by atoms with Gasteiger partial charge in [0.25, 0.3) is 5.56 Å². The highest BCUT2D eigenvalue weighted by Gasteiger charge is 2.28. The minimum absolute atomic E-state index is 0.0277. The Morgan fingerprint density at radius 2 is 1.95 bits per heavy atom. The van der Waals surface area contributed by atoms with Crippen LogP contribution in [0.25, 0.3) is 0 Å². The van der Waals surface area contributed by atoms with Gasteiger partial charge in [0.15, 0.2) is 0 Å². The summed E-state index contributed by atoms with van der Waals surface area (Å²) in [4.78, 5) is 26.1. The molecule has 1 amide bonds. The van der Waals surface area contributed by atoms with Gasteiger partial charge in [-0.2, -0.15) is 0 Å². The van der Waals surface area contributed by atoms with Gasteiger partial charge in [-0.15, -0.1) is 0 Å². The van der Waals surface area contributed by atoms with Crippen molar-refractivity contribution in [2.45, 2.75) is 51.7 Å². The monoisotopic (exact) mass is 326 g/mol. The summed E-state index contributed by atoms with van der Waals surface area (Å²) < 4.78 is 2.26. The lowest BCUT2D eigenvalue weighted by molar-refractivity contribution is -0.138. The van der Waals surface area contributed by atoms with Crippen molar-refractivity contribution >= 4 is 21.8 Å². The Kier molecular flexibility index (Phi) is 4.45. The van der Waals surface area contributed by atoms with E-state index in [0.717, 1.165) is 17.3 Å². The van der Waals surface area contributed by atoms with Crippen LogP contribution in [0.3, 0.4) is 0 Å². The second-order valence-corrected chi connectivity index (χ2v) is 6.16. The molecule has 0 aromatic carbocycles. The summed E-state index contributed by atoms with van der Waals surface area (Å²) in [5, 5.41) is 0. The summed E-state index contributed by atoms with van der Waals surface area (Å²) in [6.07, 6.45) is 4.93. The predicted molar refractivity (Wildman–Crippen MR) is 78.0 cm³/mol. The lowest BCUT2D eigenvalue weighted by Crippen LogP contribution is -2.49. The third-order valence-corrected chi connectivity index (χ3v) is 4.20. The quantitative estimate of drug-likeness (QED) is 0.837. The molecule has 1 aliphatic rings. The van der Waals surface area contributed by atoms with Crippen LogP contribution in [-0.4, -0.2) is 27.5 Å². The molecular weight excluding hydrogens is 308 g/mol. The van der Waals surface area contributed by atoms with Gasteiger partial charge in [-0.05, 0) is 55.1 Å². The van der Waals surface area contributed by atoms with Crippen molar-refractivity contribution in [3.63, 3.8) is 0 Å². The number of halogens is 1. The van der Waals surface area contributed by atoms with E-state index in [1.54, 1.807) is 12.3 Å². The van der Waals surface area contributed by atoms with Crippen LogP contribution in [0.4, 0.5) is 0 Å². The van der Waals surface area contributed by atoms with Gasteiger partial charge in [0.05, 0.1) is 0 Å². The van der Waals surface area contributed by atoms with Crippen molar-refractivity contribution in [1.82, 2.24) is 9.47 Å². The molecule has 0 N–H and O–H groups in total. The van der Waals surface area contributed by atoms with Gasteiger partial charge >= 0.3 is 0 Å². The van der Waals surface area contributed by atoms with E-state index in [9.17, 15) is 9.59 Å². The van der Waals surface area contributed by atoms with Gasteiger partial charge in [-0.3, -0.25) is 9.59 Å². The zero-order valence-corrected chi connectivity index (χ0v) is 12.9. The number of likely N-dealkylation sites (tertiary alicyclic amines) is 1. The molecule has 1 saturated heterocycles. The summed E-state index contributed by atoms with van der Waals surface area (Å²) in [5.74, 6) is 0.0277. The standard InChI is InChI=1S/C14H19BrN2O2/c1-10-4-3-5-11(2)17(10)14(19)9-16-8-12(15)6-7-13(16)18/h6-8,10-11H,3-5,9H2,1-2H3. The molecular formula is C14H19BrN2O2. The smallest absolute Gasteiger partial charge is 0.251 e. The molecule has 19 heavy (non-hydrogen) atoms. The van der Waals surface area contributed by atoms with Crippen LogP contribution < -0.4 is 5.56 Å². The van der Waals surface area contributed by atoms with Gasteiger partial charge in [0, 0.05) is 28.8 Å². The van der Waals surface area contributed by atoms with Gasteiger partial charge < -0.3 is 9.47 Å². The van der Waals surface area contributed by atoms with E-state index in [1.807, 2.05) is 4.90 Å². The Balaban J connectivity index is 2.16. The first-order chi connectivity index (χ1) is 8.99. The lowest BCUT2D eigenvalue weighted by Gasteiger charge is -2.39. The number of hydrogen-bond donors (Lipinski definition) is 0. The largest absolute Gasteiger partial charge is 0.336 e. The second kappa shape index (κ2) is 5.90. The fraction of sp³-hybridized carbons (Fsp3) is 0.571. The molecule has 4 nitrogen and oxygen atoms in total. The Bertz CT molecular complexity index is 516. The molecule has 1 aliphatic heterocycles. The average Bonchev–Trinajstić information content (AvgIpc) is 2.33. The molecule has 0 spiro atoms. The van der Waals surface area contributed by atoms with Crippen LogP contribution in [0.15, 0.2) is 27.6 Å². The Labute approximate surface area is 121 Å². The molecule has 5 heteroatoms. The van der Waals surface area contributed by atoms with Gasteiger partial charge in [-0.25, -0.2) is 0 Å². The number of piperidine rings is 1. The molecule has 2 unspecified atom stereocenters. The van der Waals surface area contributed by atoms with Gasteiger partial charge in [0.1, 0.15) is 6.54 Å². The fourth-order valence-corrected chi connectivity index (χ4v) is 3.15. The highest BCUT2D eigenvalue weighted by Crippen LogP contribution is 2.22. The molecule has 2 atom stereocenters. The first-order valence-corrected chi connectivity index (χ1v) is 7.45. The van der Waals surface area contributed by atoms with Crippen LogP contribution in [-0.2, 0) is 11.3 Å². The average molecular weight is 327 g/mol. The normalized spacial score (nSPS) is 23.4. The number of nitrogens with zero attached hydrogens (tertiary/aromatic N) is 2. The summed E-state index contributed by atoms with van der Waals surface area (Å²) in [6, 6.07) is 3.69. The van der Waals surface area contributed by atoms with Crippen molar-refractivity contribution in [3.8, 4) is 0 Å². The first kappa shape index (κ1) is 14.3. The highest BCUT2D eigenvalue weighted by atomic mass is 79.9. The Hall–Kier alpha value is -1.10. The summed E-state index contributed by atoms with van der Waals surface area (Å²) in [5.41, 5.74) is -0.145. The zero-order valence-electron chi connectivity index (χ0n) is 11.3. The van der Waals surface area contributed by atoms with E-state index < -0.39 is 0 Å². The minimum Gasteiger partial charge on any atom is -0.336 e. The molecule has 2 heterocycles. The third-order valence-electron chi connectivity index (χ3n) is 3.73. The maximum atomic E-state index is 12.4. The number of carbonyl (C=O) groups excluding carboxylic acids is 1. The van der Waals surface area contributed by atoms with Crippen LogP contribution >= 0.6 is 15.9 Å². The number of rotatable bonds is 2. The number of pyridine rings is 1. The number of carbonyl (C=O) groups is 1. The molecule has 1 aromatic heterocycles. The molecule has 1 fully saturated rings. The van der Waals surface area contributed by atoms with Crippen LogP contribution in [0.2, 0.25) is 0 Å². The van der Waals surface area contributed by atoms with Crippen molar-refractivity contribution in [3.05, 3.63) is 33.2 Å². The minimum atomic E-state index is -0.145. The number of hydrogen-bond acceptors (Lipinski definition) is 2. The lowest BCUT2D eigenvalue weighted by atomic mass is 9.97. The first-order valence-electron chi connectivity index (χ1n) is 6.66. The molecule has 0 radical (unpaired) electrons. The second-order valence-electron chi connectivity index (χ2n) is 5.24. The van der Waals surface area contributed by atoms with Gasteiger partial charge in [-0.1, -0.05) is 0 Å². The van der Waals surface area contributed by atoms with E-state index in [-0.39, 0.29) is 30.1 Å². The van der Waals surface area contributed by atoms with E-state index in [0.29, 0.717) is 0 Å². The van der Waals surface area contributed by atoms with Crippen LogP contribution in [0.1, 0.15) is 33.1 Å². The maximum Gasteiger partial charge on any atom is 0.251 e. The van der Waals surface area contributed by atoms with Crippen molar-refractivity contribution in [1.29, 1.82) is 0 Å². The molecule has 0 bridgehead atoms. The molecule has 0 aliphatic carbocycles. The maximum absolute atomic E-state index is 12.4. The van der Waals surface area contributed by atoms with Gasteiger partial charge in [0.2, 0.25) is 5.91 Å². The van der Waals surface area contributed by atoms with E-state index in [2.05, 4.69) is 29.8 Å². The third kappa shape index (κ3) is 3.26. The fourth-order valence-electron chi connectivity index (χ4n) is 2.77. The number of amides is 1. The van der Waals surface area contributed by atoms with Crippen molar-refractivity contribution in [2.75, 3.05) is 0 Å².